The number of ether oxygens (including phenoxy) is 1. The Kier molecular flexibility index (Phi) is 4.59. The molecule has 0 aromatic carbocycles. The zero-order valence-electron chi connectivity index (χ0n) is 17.2. The first-order chi connectivity index (χ1) is 12.2. The highest BCUT2D eigenvalue weighted by Gasteiger charge is 2.62. The zero-order valence-corrected chi connectivity index (χ0v) is 17.2. The lowest BCUT2D eigenvalue weighted by molar-refractivity contribution is -0.175. The predicted octanol–water partition coefficient (Wildman–Crippen LogP) is 4.61. The molecule has 8 atom stereocenters. The molecule has 1 N–H and O–H groups in total. The van der Waals surface area contributed by atoms with Gasteiger partial charge in [0.05, 0.1) is 12.2 Å². The summed E-state index contributed by atoms with van der Waals surface area (Å²) in [5, 5.41) is 10.7. The highest BCUT2D eigenvalue weighted by molar-refractivity contribution is 5.79. The third-order valence-electron chi connectivity index (χ3n) is 9.56. The zero-order chi connectivity index (χ0) is 18.7. The SMILES string of the molecule is COCC12CC[C@@](C)(O)C[C@@H]1CC[C@@H]1[C@@H]2CC[C@]2(C)[C@@H](C(C)=O)CC[C@@H]12. The summed E-state index contributed by atoms with van der Waals surface area (Å²) in [6, 6.07) is 0. The Morgan fingerprint density at radius 3 is 2.50 bits per heavy atom. The largest absolute Gasteiger partial charge is 0.390 e. The van der Waals surface area contributed by atoms with Crippen LogP contribution in [0.25, 0.3) is 0 Å². The number of aliphatic hydroxyl groups is 1. The van der Waals surface area contributed by atoms with Crippen LogP contribution in [0, 0.1) is 40.4 Å². The van der Waals surface area contributed by atoms with Gasteiger partial charge in [0.1, 0.15) is 5.78 Å². The van der Waals surface area contributed by atoms with Crippen LogP contribution >= 0.6 is 0 Å². The standard InChI is InChI=1S/C23H38O3/c1-15(24)18-7-8-19-17-6-5-16-13-21(2,25)11-12-23(16,14-26-4)20(17)9-10-22(18,19)3/h16-20,25H,5-14H2,1-4H3/t16-,17-,18+,19-,20-,21+,22+,23?/m0/s1. The monoisotopic (exact) mass is 362 g/mol. The molecule has 0 amide bonds. The van der Waals surface area contributed by atoms with Gasteiger partial charge in [-0.2, -0.15) is 0 Å². The molecule has 0 aromatic heterocycles. The molecule has 26 heavy (non-hydrogen) atoms. The van der Waals surface area contributed by atoms with Gasteiger partial charge in [-0.15, -0.1) is 0 Å². The van der Waals surface area contributed by atoms with Crippen LogP contribution in [0.1, 0.15) is 78.6 Å². The number of carbonyl (C=O) groups is 1. The summed E-state index contributed by atoms with van der Waals surface area (Å²) in [4.78, 5) is 12.3. The molecule has 0 saturated heterocycles. The van der Waals surface area contributed by atoms with Crippen molar-refractivity contribution >= 4 is 5.78 Å². The first-order valence-electron chi connectivity index (χ1n) is 11.0. The van der Waals surface area contributed by atoms with Gasteiger partial charge >= 0.3 is 0 Å². The van der Waals surface area contributed by atoms with Crippen molar-refractivity contribution < 1.29 is 14.6 Å². The molecule has 0 aromatic rings. The Bertz CT molecular complexity index is 570. The van der Waals surface area contributed by atoms with Gasteiger partial charge in [-0.25, -0.2) is 0 Å². The minimum Gasteiger partial charge on any atom is -0.390 e. The van der Waals surface area contributed by atoms with E-state index in [1.165, 1.54) is 32.1 Å². The minimum atomic E-state index is -0.495. The van der Waals surface area contributed by atoms with E-state index < -0.39 is 5.60 Å². The van der Waals surface area contributed by atoms with Crippen LogP contribution in [-0.2, 0) is 9.53 Å². The van der Waals surface area contributed by atoms with Crippen molar-refractivity contribution in [3.63, 3.8) is 0 Å². The van der Waals surface area contributed by atoms with Crippen molar-refractivity contribution in [1.82, 2.24) is 0 Å². The second-order valence-electron chi connectivity index (χ2n) is 10.8. The molecule has 0 radical (unpaired) electrons. The van der Waals surface area contributed by atoms with E-state index in [4.69, 9.17) is 4.74 Å². The highest BCUT2D eigenvalue weighted by Crippen LogP contribution is 2.68. The first kappa shape index (κ1) is 18.9. The number of methoxy groups -OCH3 is 1. The van der Waals surface area contributed by atoms with Crippen molar-refractivity contribution in [1.29, 1.82) is 0 Å². The molecule has 1 unspecified atom stereocenters. The summed E-state index contributed by atoms with van der Waals surface area (Å²) in [5.41, 5.74) is -0.00514. The van der Waals surface area contributed by atoms with Gasteiger partial charge in [-0.05, 0) is 106 Å². The van der Waals surface area contributed by atoms with Gasteiger partial charge in [0.25, 0.3) is 0 Å². The van der Waals surface area contributed by atoms with E-state index in [0.29, 0.717) is 17.6 Å². The Labute approximate surface area is 159 Å². The number of Topliss-reactive ketones (excluding diaryl/α,β-unsaturated/α-hetero) is 1. The third-order valence-corrected chi connectivity index (χ3v) is 9.56. The molecular formula is C23H38O3. The van der Waals surface area contributed by atoms with Crippen molar-refractivity contribution in [2.75, 3.05) is 13.7 Å². The molecular weight excluding hydrogens is 324 g/mol. The van der Waals surface area contributed by atoms with E-state index in [1.807, 2.05) is 21.0 Å². The Morgan fingerprint density at radius 2 is 1.81 bits per heavy atom. The summed E-state index contributed by atoms with van der Waals surface area (Å²) < 4.78 is 5.82. The van der Waals surface area contributed by atoms with Crippen molar-refractivity contribution in [2.24, 2.45) is 40.4 Å². The van der Waals surface area contributed by atoms with Crippen molar-refractivity contribution in [2.45, 2.75) is 84.2 Å². The summed E-state index contributed by atoms with van der Waals surface area (Å²) in [5.74, 6) is 3.50. The van der Waals surface area contributed by atoms with Crippen molar-refractivity contribution in [3.8, 4) is 0 Å². The topological polar surface area (TPSA) is 46.5 Å². The van der Waals surface area contributed by atoms with Gasteiger partial charge in [-0.1, -0.05) is 6.92 Å². The lowest BCUT2D eigenvalue weighted by Crippen LogP contribution is -2.58. The highest BCUT2D eigenvalue weighted by atomic mass is 16.5. The molecule has 0 bridgehead atoms. The number of ketones is 1. The Hall–Kier alpha value is -0.410. The van der Waals surface area contributed by atoms with E-state index in [-0.39, 0.29) is 16.7 Å². The Morgan fingerprint density at radius 1 is 1.04 bits per heavy atom. The van der Waals surface area contributed by atoms with Gasteiger partial charge in [0.2, 0.25) is 0 Å². The van der Waals surface area contributed by atoms with Crippen LogP contribution in [0.3, 0.4) is 0 Å². The average Bonchev–Trinajstić information content (AvgIpc) is 2.92. The van der Waals surface area contributed by atoms with E-state index >= 15 is 0 Å². The fraction of sp³-hybridized carbons (Fsp3) is 0.957. The van der Waals surface area contributed by atoms with Gasteiger partial charge in [0, 0.05) is 13.0 Å². The average molecular weight is 363 g/mol. The smallest absolute Gasteiger partial charge is 0.133 e. The third kappa shape index (κ3) is 2.64. The molecule has 4 fully saturated rings. The van der Waals surface area contributed by atoms with Crippen LogP contribution in [0.5, 0.6) is 0 Å². The van der Waals surface area contributed by atoms with Crippen LogP contribution < -0.4 is 0 Å². The summed E-state index contributed by atoms with van der Waals surface area (Å²) >= 11 is 0. The molecule has 4 aliphatic rings. The van der Waals surface area contributed by atoms with Crippen LogP contribution in [0.2, 0.25) is 0 Å². The number of hydrogen-bond donors (Lipinski definition) is 1. The molecule has 148 valence electrons. The molecule has 3 nitrogen and oxygen atoms in total. The van der Waals surface area contributed by atoms with E-state index in [2.05, 4.69) is 6.92 Å². The van der Waals surface area contributed by atoms with E-state index in [1.54, 1.807) is 0 Å². The molecule has 3 heteroatoms. The normalized spacial score (nSPS) is 53.5. The molecule has 4 aliphatic carbocycles. The summed E-state index contributed by atoms with van der Waals surface area (Å²) in [6.07, 6.45) is 10.3. The van der Waals surface area contributed by atoms with Crippen LogP contribution in [0.15, 0.2) is 0 Å². The van der Waals surface area contributed by atoms with Gasteiger partial charge in [-0.3, -0.25) is 4.79 Å². The van der Waals surface area contributed by atoms with Gasteiger partial charge in [0.15, 0.2) is 0 Å². The second-order valence-corrected chi connectivity index (χ2v) is 10.8. The van der Waals surface area contributed by atoms with Gasteiger partial charge < -0.3 is 9.84 Å². The van der Waals surface area contributed by atoms with Crippen LogP contribution in [0.4, 0.5) is 0 Å². The molecule has 4 saturated carbocycles. The number of carbonyl (C=O) groups excluding carboxylic acids is 1. The fourth-order valence-corrected chi connectivity index (χ4v) is 8.45. The number of fused-ring (bicyclic) bond motifs is 5. The summed E-state index contributed by atoms with van der Waals surface area (Å²) in [7, 11) is 1.86. The Balaban J connectivity index is 1.65. The van der Waals surface area contributed by atoms with E-state index in [9.17, 15) is 9.90 Å². The second kappa shape index (κ2) is 6.30. The van der Waals surface area contributed by atoms with Crippen LogP contribution in [-0.4, -0.2) is 30.2 Å². The molecule has 0 heterocycles. The first-order valence-corrected chi connectivity index (χ1v) is 11.0. The number of hydrogen-bond acceptors (Lipinski definition) is 3. The maximum atomic E-state index is 12.3. The lowest BCUT2D eigenvalue weighted by atomic mass is 9.43. The lowest BCUT2D eigenvalue weighted by Gasteiger charge is -2.62. The fourth-order valence-electron chi connectivity index (χ4n) is 8.45. The predicted molar refractivity (Wildman–Crippen MR) is 103 cm³/mol. The van der Waals surface area contributed by atoms with Crippen molar-refractivity contribution in [3.05, 3.63) is 0 Å². The molecule has 4 rings (SSSR count). The summed E-state index contributed by atoms with van der Waals surface area (Å²) in [6.45, 7) is 7.13. The maximum absolute atomic E-state index is 12.3. The number of rotatable bonds is 3. The minimum absolute atomic E-state index is 0.230. The molecule has 0 spiro atoms. The van der Waals surface area contributed by atoms with E-state index in [0.717, 1.165) is 44.1 Å². The molecule has 0 aliphatic heterocycles. The maximum Gasteiger partial charge on any atom is 0.133 e. The quantitative estimate of drug-likeness (QED) is 0.797.